The first-order chi connectivity index (χ1) is 16.3. The molecule has 0 radical (unpaired) electrons. The van der Waals surface area contributed by atoms with Gasteiger partial charge in [0.1, 0.15) is 5.75 Å². The number of ether oxygens (including phenoxy) is 1. The number of fused-ring (bicyclic) bond motifs is 2. The highest BCUT2D eigenvalue weighted by Gasteiger charge is 2.50. The van der Waals surface area contributed by atoms with Crippen LogP contribution in [0, 0.1) is 17.8 Å². The molecule has 2 aliphatic carbocycles. The summed E-state index contributed by atoms with van der Waals surface area (Å²) >= 11 is 0. The molecule has 4 unspecified atom stereocenters. The molecule has 0 amide bonds. The summed E-state index contributed by atoms with van der Waals surface area (Å²) in [6, 6.07) is 29.6. The van der Waals surface area contributed by atoms with Crippen LogP contribution in [-0.2, 0) is 13.0 Å². The summed E-state index contributed by atoms with van der Waals surface area (Å²) in [5.74, 6) is 3.64. The van der Waals surface area contributed by atoms with E-state index in [1.54, 1.807) is 7.11 Å². The summed E-state index contributed by atoms with van der Waals surface area (Å²) in [6.07, 6.45) is 6.40. The number of hydrogen-bond donors (Lipinski definition) is 1. The van der Waals surface area contributed by atoms with Gasteiger partial charge in [0, 0.05) is 24.1 Å². The van der Waals surface area contributed by atoms with E-state index in [0.29, 0.717) is 17.9 Å². The second-order valence-electron chi connectivity index (χ2n) is 10.0. The summed E-state index contributed by atoms with van der Waals surface area (Å²) in [6.45, 7) is 3.12. The Hall–Kier alpha value is -2.58. The van der Waals surface area contributed by atoms with E-state index in [4.69, 9.17) is 4.74 Å². The van der Waals surface area contributed by atoms with Gasteiger partial charge in [-0.25, -0.2) is 0 Å². The van der Waals surface area contributed by atoms with Gasteiger partial charge in [0.05, 0.1) is 7.11 Å². The molecule has 2 saturated carbocycles. The Kier molecular flexibility index (Phi) is 6.83. The molecule has 0 heterocycles. The lowest BCUT2D eigenvalue weighted by molar-refractivity contribution is 0.224. The lowest BCUT2D eigenvalue weighted by Crippen LogP contribution is -2.43. The van der Waals surface area contributed by atoms with Gasteiger partial charge in [0.25, 0.3) is 0 Å². The predicted molar refractivity (Wildman–Crippen MR) is 137 cm³/mol. The fourth-order valence-electron chi connectivity index (χ4n) is 6.72. The van der Waals surface area contributed by atoms with Crippen molar-refractivity contribution in [3.63, 3.8) is 0 Å². The lowest BCUT2D eigenvalue weighted by atomic mass is 9.70. The van der Waals surface area contributed by atoms with Crippen LogP contribution in [0.4, 0.5) is 0 Å². The molecule has 2 fully saturated rings. The minimum absolute atomic E-state index is 0.438. The zero-order valence-electron chi connectivity index (χ0n) is 20.0. The van der Waals surface area contributed by atoms with Crippen molar-refractivity contribution in [2.45, 2.75) is 57.5 Å². The molecular formula is C31H37NO. The SMILES string of the molecule is CCCc1ccc(OC)c(CNC2C3CCC(C3)C2C(c2ccccc2)c2ccccc2)c1. The Bertz CT molecular complexity index is 992. The average molecular weight is 440 g/mol. The smallest absolute Gasteiger partial charge is 0.123 e. The zero-order valence-corrected chi connectivity index (χ0v) is 20.0. The molecule has 2 heteroatoms. The van der Waals surface area contributed by atoms with Crippen molar-refractivity contribution < 1.29 is 4.74 Å². The molecule has 5 rings (SSSR count). The maximum absolute atomic E-state index is 5.73. The van der Waals surface area contributed by atoms with Gasteiger partial charge in [-0.15, -0.1) is 0 Å². The fourth-order valence-corrected chi connectivity index (χ4v) is 6.72. The van der Waals surface area contributed by atoms with Crippen molar-refractivity contribution in [3.05, 3.63) is 101 Å². The minimum Gasteiger partial charge on any atom is -0.496 e. The number of methoxy groups -OCH3 is 1. The highest BCUT2D eigenvalue weighted by Crippen LogP contribution is 2.55. The average Bonchev–Trinajstić information content (AvgIpc) is 3.47. The molecular weight excluding hydrogens is 402 g/mol. The highest BCUT2D eigenvalue weighted by atomic mass is 16.5. The van der Waals surface area contributed by atoms with Crippen LogP contribution in [0.25, 0.3) is 0 Å². The quantitative estimate of drug-likeness (QED) is 0.388. The van der Waals surface area contributed by atoms with Crippen molar-refractivity contribution in [1.29, 1.82) is 0 Å². The molecule has 0 aromatic heterocycles. The molecule has 172 valence electrons. The normalized spacial score (nSPS) is 23.8. The molecule has 0 saturated heterocycles. The molecule has 2 aliphatic rings. The molecule has 33 heavy (non-hydrogen) atoms. The lowest BCUT2D eigenvalue weighted by Gasteiger charge is -2.38. The third-order valence-electron chi connectivity index (χ3n) is 8.09. The van der Waals surface area contributed by atoms with Gasteiger partial charge >= 0.3 is 0 Å². The van der Waals surface area contributed by atoms with Crippen molar-refractivity contribution in [3.8, 4) is 5.75 Å². The van der Waals surface area contributed by atoms with Crippen LogP contribution in [-0.4, -0.2) is 13.2 Å². The van der Waals surface area contributed by atoms with Gasteiger partial charge < -0.3 is 10.1 Å². The van der Waals surface area contributed by atoms with E-state index < -0.39 is 0 Å². The van der Waals surface area contributed by atoms with Crippen LogP contribution in [0.15, 0.2) is 78.9 Å². The summed E-state index contributed by atoms with van der Waals surface area (Å²) in [4.78, 5) is 0. The van der Waals surface area contributed by atoms with E-state index in [-0.39, 0.29) is 0 Å². The molecule has 2 bridgehead atoms. The maximum Gasteiger partial charge on any atom is 0.123 e. The Morgan fingerprint density at radius 3 is 2.18 bits per heavy atom. The number of hydrogen-bond acceptors (Lipinski definition) is 2. The Balaban J connectivity index is 1.44. The first-order valence-corrected chi connectivity index (χ1v) is 12.8. The van der Waals surface area contributed by atoms with Crippen molar-refractivity contribution in [1.82, 2.24) is 5.32 Å². The van der Waals surface area contributed by atoms with Crippen molar-refractivity contribution >= 4 is 0 Å². The highest BCUT2D eigenvalue weighted by molar-refractivity contribution is 5.38. The fraction of sp³-hybridized carbons (Fsp3) is 0.419. The number of aryl methyl sites for hydroxylation is 1. The topological polar surface area (TPSA) is 21.3 Å². The van der Waals surface area contributed by atoms with Gasteiger partial charge in [0.15, 0.2) is 0 Å². The second kappa shape index (κ2) is 10.1. The van der Waals surface area contributed by atoms with Crippen LogP contribution < -0.4 is 10.1 Å². The monoisotopic (exact) mass is 439 g/mol. The summed E-state index contributed by atoms with van der Waals surface area (Å²) in [7, 11) is 1.79. The van der Waals surface area contributed by atoms with Gasteiger partial charge in [0.2, 0.25) is 0 Å². The minimum atomic E-state index is 0.438. The molecule has 4 atom stereocenters. The van der Waals surface area contributed by atoms with Gasteiger partial charge in [-0.05, 0) is 66.2 Å². The van der Waals surface area contributed by atoms with Gasteiger partial charge in [-0.1, -0.05) is 86.1 Å². The number of benzene rings is 3. The molecule has 1 N–H and O–H groups in total. The van der Waals surface area contributed by atoms with E-state index in [9.17, 15) is 0 Å². The van der Waals surface area contributed by atoms with E-state index in [2.05, 4.69) is 91.1 Å². The third-order valence-corrected chi connectivity index (χ3v) is 8.09. The molecule has 0 aliphatic heterocycles. The van der Waals surface area contributed by atoms with Crippen LogP contribution in [0.3, 0.4) is 0 Å². The third kappa shape index (κ3) is 4.59. The first-order valence-electron chi connectivity index (χ1n) is 12.8. The molecule has 3 aromatic carbocycles. The predicted octanol–water partition coefficient (Wildman–Crippen LogP) is 6.98. The van der Waals surface area contributed by atoms with Gasteiger partial charge in [-0.2, -0.15) is 0 Å². The van der Waals surface area contributed by atoms with Crippen LogP contribution >= 0.6 is 0 Å². The standard InChI is InChI=1S/C31H37NO/c1-3-10-22-15-18-28(33-2)27(19-22)21-32-31-26-17-16-25(20-26)30(31)29(23-11-6-4-7-12-23)24-13-8-5-9-14-24/h4-9,11-15,18-19,25-26,29-32H,3,10,16-17,20-21H2,1-2H3. The maximum atomic E-state index is 5.73. The first kappa shape index (κ1) is 22.2. The van der Waals surface area contributed by atoms with Crippen molar-refractivity contribution in [2.24, 2.45) is 17.8 Å². The van der Waals surface area contributed by atoms with Crippen LogP contribution in [0.5, 0.6) is 5.75 Å². The van der Waals surface area contributed by atoms with Crippen LogP contribution in [0.2, 0.25) is 0 Å². The summed E-state index contributed by atoms with van der Waals surface area (Å²) in [5.41, 5.74) is 5.61. The molecule has 0 spiro atoms. The zero-order chi connectivity index (χ0) is 22.6. The van der Waals surface area contributed by atoms with Gasteiger partial charge in [-0.3, -0.25) is 0 Å². The second-order valence-corrected chi connectivity index (χ2v) is 10.0. The Morgan fingerprint density at radius 1 is 0.879 bits per heavy atom. The van der Waals surface area contributed by atoms with E-state index in [1.165, 1.54) is 47.9 Å². The Morgan fingerprint density at radius 2 is 1.55 bits per heavy atom. The Labute approximate surface area is 199 Å². The molecule has 3 aromatic rings. The molecule has 2 nitrogen and oxygen atoms in total. The van der Waals surface area contributed by atoms with Crippen molar-refractivity contribution in [2.75, 3.05) is 7.11 Å². The van der Waals surface area contributed by atoms with E-state index in [0.717, 1.165) is 30.6 Å². The van der Waals surface area contributed by atoms with Crippen LogP contribution in [0.1, 0.15) is 60.8 Å². The van der Waals surface area contributed by atoms with E-state index >= 15 is 0 Å². The largest absolute Gasteiger partial charge is 0.496 e. The summed E-state index contributed by atoms with van der Waals surface area (Å²) < 4.78 is 5.73. The number of nitrogens with one attached hydrogen (secondary N) is 1. The van der Waals surface area contributed by atoms with E-state index in [1.807, 2.05) is 0 Å². The summed E-state index contributed by atoms with van der Waals surface area (Å²) in [5, 5.41) is 4.06. The number of rotatable bonds is 9.